The molecule has 1 aromatic heterocycles. The summed E-state index contributed by atoms with van der Waals surface area (Å²) in [5.41, 5.74) is 4.42. The molecule has 0 aliphatic rings. The highest BCUT2D eigenvalue weighted by molar-refractivity contribution is 5.66. The molecule has 0 bridgehead atoms. The molecule has 0 aliphatic carbocycles. The Kier molecular flexibility index (Phi) is 5.99. The summed E-state index contributed by atoms with van der Waals surface area (Å²) in [6.07, 6.45) is 0. The molecule has 0 atom stereocenters. The Morgan fingerprint density at radius 3 is 2.39 bits per heavy atom. The maximum atomic E-state index is 12.1. The van der Waals surface area contributed by atoms with Crippen LogP contribution < -0.4 is 20.5 Å². The molecule has 0 unspecified atom stereocenters. The molecular formula is C22H26N4O2. The van der Waals surface area contributed by atoms with Gasteiger partial charge in [-0.15, -0.1) is 0 Å². The van der Waals surface area contributed by atoms with Gasteiger partial charge in [0, 0.05) is 36.1 Å². The lowest BCUT2D eigenvalue weighted by Gasteiger charge is -2.22. The van der Waals surface area contributed by atoms with Crippen LogP contribution in [0.1, 0.15) is 19.4 Å². The minimum absolute atomic E-state index is 0.208. The van der Waals surface area contributed by atoms with Gasteiger partial charge in [-0.3, -0.25) is 9.78 Å². The van der Waals surface area contributed by atoms with E-state index in [9.17, 15) is 4.79 Å². The highest BCUT2D eigenvalue weighted by atomic mass is 16.5. The summed E-state index contributed by atoms with van der Waals surface area (Å²) in [7, 11) is 1.62. The van der Waals surface area contributed by atoms with Gasteiger partial charge in [0.2, 0.25) is 5.95 Å². The molecule has 6 heteroatoms. The van der Waals surface area contributed by atoms with E-state index in [1.165, 1.54) is 11.8 Å². The number of aryl methyl sites for hydroxylation is 1. The van der Waals surface area contributed by atoms with Gasteiger partial charge in [-0.2, -0.15) is 0 Å². The fraction of sp³-hybridized carbons (Fsp3) is 0.273. The highest BCUT2D eigenvalue weighted by Gasteiger charge is 2.08. The number of hydrogen-bond donors (Lipinski definition) is 2. The van der Waals surface area contributed by atoms with Gasteiger partial charge in [0.15, 0.2) is 0 Å². The van der Waals surface area contributed by atoms with Gasteiger partial charge in [-0.05, 0) is 68.8 Å². The molecule has 6 nitrogen and oxygen atoms in total. The maximum absolute atomic E-state index is 12.1. The van der Waals surface area contributed by atoms with E-state index in [0.717, 1.165) is 35.7 Å². The van der Waals surface area contributed by atoms with Gasteiger partial charge in [-0.25, -0.2) is 4.98 Å². The molecule has 0 aliphatic heterocycles. The molecule has 0 saturated heterocycles. The number of aromatic nitrogens is 2. The average Bonchev–Trinajstić information content (AvgIpc) is 2.70. The summed E-state index contributed by atoms with van der Waals surface area (Å²) < 4.78 is 5.18. The number of rotatable bonds is 7. The molecule has 0 spiro atoms. The van der Waals surface area contributed by atoms with Crippen molar-refractivity contribution in [3.63, 3.8) is 0 Å². The van der Waals surface area contributed by atoms with E-state index >= 15 is 0 Å². The lowest BCUT2D eigenvalue weighted by molar-refractivity contribution is 0.415. The Labute approximate surface area is 165 Å². The Bertz CT molecular complexity index is 992. The molecule has 28 heavy (non-hydrogen) atoms. The number of nitrogens with one attached hydrogen (secondary N) is 2. The molecule has 0 radical (unpaired) electrons. The van der Waals surface area contributed by atoms with E-state index in [1.54, 1.807) is 7.11 Å². The third kappa shape index (κ3) is 4.34. The van der Waals surface area contributed by atoms with Gasteiger partial charge < -0.3 is 15.0 Å². The third-order valence-corrected chi connectivity index (χ3v) is 4.72. The molecule has 0 saturated carbocycles. The molecule has 0 fully saturated rings. The molecule has 3 rings (SSSR count). The zero-order valence-corrected chi connectivity index (χ0v) is 16.7. The zero-order chi connectivity index (χ0) is 20.1. The number of H-pyrrole nitrogens is 1. The van der Waals surface area contributed by atoms with Crippen LogP contribution in [0.5, 0.6) is 5.75 Å². The van der Waals surface area contributed by atoms with Gasteiger partial charge >= 0.3 is 0 Å². The lowest BCUT2D eigenvalue weighted by Crippen LogP contribution is -2.21. The van der Waals surface area contributed by atoms with Crippen LogP contribution in [0.2, 0.25) is 0 Å². The SMILES string of the molecule is CCN(CC)c1ccc(Nc2nc(-c3ccc(OC)cc3)cc(=O)[nH]2)c(C)c1. The third-order valence-electron chi connectivity index (χ3n) is 4.72. The first kappa shape index (κ1) is 19.5. The first-order chi connectivity index (χ1) is 13.5. The van der Waals surface area contributed by atoms with Crippen molar-refractivity contribution in [3.8, 4) is 17.0 Å². The topological polar surface area (TPSA) is 70.2 Å². The standard InChI is InChI=1S/C22H26N4O2/c1-5-26(6-2)17-9-12-19(15(3)13-17)23-22-24-20(14-21(27)25-22)16-7-10-18(28-4)11-8-16/h7-14H,5-6H2,1-4H3,(H2,23,24,25,27). The first-order valence-electron chi connectivity index (χ1n) is 9.42. The largest absolute Gasteiger partial charge is 0.497 e. The van der Waals surface area contributed by atoms with Crippen molar-refractivity contribution in [2.75, 3.05) is 30.4 Å². The fourth-order valence-electron chi connectivity index (χ4n) is 3.13. The first-order valence-corrected chi connectivity index (χ1v) is 9.42. The number of anilines is 3. The lowest BCUT2D eigenvalue weighted by atomic mass is 10.1. The molecule has 2 aromatic carbocycles. The number of hydrogen-bond acceptors (Lipinski definition) is 5. The van der Waals surface area contributed by atoms with Crippen molar-refractivity contribution in [3.05, 3.63) is 64.4 Å². The Morgan fingerprint density at radius 1 is 1.07 bits per heavy atom. The minimum Gasteiger partial charge on any atom is -0.497 e. The summed E-state index contributed by atoms with van der Waals surface area (Å²) in [5, 5.41) is 3.24. The van der Waals surface area contributed by atoms with E-state index < -0.39 is 0 Å². The van der Waals surface area contributed by atoms with E-state index in [1.807, 2.05) is 37.3 Å². The normalized spacial score (nSPS) is 10.6. The van der Waals surface area contributed by atoms with Gasteiger partial charge in [0.1, 0.15) is 5.75 Å². The summed E-state index contributed by atoms with van der Waals surface area (Å²) in [4.78, 5) is 21.8. The van der Waals surface area contributed by atoms with Crippen LogP contribution in [0, 0.1) is 6.92 Å². The fourth-order valence-corrected chi connectivity index (χ4v) is 3.13. The van der Waals surface area contributed by atoms with Crippen LogP contribution in [-0.4, -0.2) is 30.2 Å². The van der Waals surface area contributed by atoms with Crippen molar-refractivity contribution >= 4 is 17.3 Å². The second-order valence-corrected chi connectivity index (χ2v) is 6.50. The molecule has 3 aromatic rings. The second kappa shape index (κ2) is 8.61. The quantitative estimate of drug-likeness (QED) is 0.640. The number of nitrogens with zero attached hydrogens (tertiary/aromatic N) is 2. The van der Waals surface area contributed by atoms with E-state index in [4.69, 9.17) is 4.74 Å². The Morgan fingerprint density at radius 2 is 1.79 bits per heavy atom. The van der Waals surface area contributed by atoms with Crippen LogP contribution in [0.4, 0.5) is 17.3 Å². The molecule has 1 heterocycles. The van der Waals surface area contributed by atoms with Crippen molar-refractivity contribution in [2.24, 2.45) is 0 Å². The Balaban J connectivity index is 1.88. The Hall–Kier alpha value is -3.28. The van der Waals surface area contributed by atoms with Gasteiger partial charge in [0.25, 0.3) is 5.56 Å². The van der Waals surface area contributed by atoms with Crippen LogP contribution in [0.25, 0.3) is 11.3 Å². The van der Waals surface area contributed by atoms with Crippen LogP contribution in [0.15, 0.2) is 53.3 Å². The van der Waals surface area contributed by atoms with Crippen LogP contribution >= 0.6 is 0 Å². The number of aromatic amines is 1. The zero-order valence-electron chi connectivity index (χ0n) is 16.7. The second-order valence-electron chi connectivity index (χ2n) is 6.50. The minimum atomic E-state index is -0.208. The highest BCUT2D eigenvalue weighted by Crippen LogP contribution is 2.25. The van der Waals surface area contributed by atoms with E-state index in [0.29, 0.717) is 11.6 Å². The summed E-state index contributed by atoms with van der Waals surface area (Å²) >= 11 is 0. The van der Waals surface area contributed by atoms with E-state index in [2.05, 4.69) is 46.2 Å². The number of ether oxygens (including phenoxy) is 1. The summed E-state index contributed by atoms with van der Waals surface area (Å²) in [5.74, 6) is 1.17. The predicted molar refractivity (Wildman–Crippen MR) is 115 cm³/mol. The summed E-state index contributed by atoms with van der Waals surface area (Å²) in [6.45, 7) is 8.25. The molecular weight excluding hydrogens is 352 g/mol. The molecule has 146 valence electrons. The smallest absolute Gasteiger partial charge is 0.252 e. The molecule has 0 amide bonds. The van der Waals surface area contributed by atoms with Crippen LogP contribution in [-0.2, 0) is 0 Å². The van der Waals surface area contributed by atoms with Crippen molar-refractivity contribution < 1.29 is 4.74 Å². The number of benzene rings is 2. The molecule has 2 N–H and O–H groups in total. The van der Waals surface area contributed by atoms with Gasteiger partial charge in [-0.1, -0.05) is 0 Å². The van der Waals surface area contributed by atoms with Crippen molar-refractivity contribution in [1.29, 1.82) is 0 Å². The number of methoxy groups -OCH3 is 1. The summed E-state index contributed by atoms with van der Waals surface area (Å²) in [6, 6.07) is 15.2. The predicted octanol–water partition coefficient (Wildman–Crippen LogP) is 4.34. The van der Waals surface area contributed by atoms with Crippen molar-refractivity contribution in [2.45, 2.75) is 20.8 Å². The maximum Gasteiger partial charge on any atom is 0.252 e. The average molecular weight is 378 g/mol. The monoisotopic (exact) mass is 378 g/mol. The van der Waals surface area contributed by atoms with E-state index in [-0.39, 0.29) is 5.56 Å². The van der Waals surface area contributed by atoms with Crippen LogP contribution in [0.3, 0.4) is 0 Å². The van der Waals surface area contributed by atoms with Gasteiger partial charge in [0.05, 0.1) is 12.8 Å². The van der Waals surface area contributed by atoms with Crippen molar-refractivity contribution in [1.82, 2.24) is 9.97 Å².